The molecule has 0 saturated carbocycles. The van der Waals surface area contributed by atoms with Crippen LogP contribution in [0.2, 0.25) is 0 Å². The molecule has 3 aromatic rings. The van der Waals surface area contributed by atoms with Gasteiger partial charge in [0, 0.05) is 24.2 Å². The largest absolute Gasteiger partial charge is 0.497 e. The maximum atomic E-state index is 12.2. The normalized spacial score (nSPS) is 10.3. The lowest BCUT2D eigenvalue weighted by atomic mass is 10.1. The van der Waals surface area contributed by atoms with Crippen LogP contribution in [0, 0.1) is 13.8 Å². The monoisotopic (exact) mass is 490 g/mol. The molecule has 188 valence electrons. The Morgan fingerprint density at radius 1 is 0.750 bits per heavy atom. The SMILES string of the molecule is COc1ccc(Oc2ccc(NC(=O)CCCC(=O)OCC(=O)Nc3cc(C)ccc3C)cc2)cc1. The lowest BCUT2D eigenvalue weighted by molar-refractivity contribution is -0.147. The molecular formula is C28H30N2O6. The third-order valence-corrected chi connectivity index (χ3v) is 5.25. The van der Waals surface area contributed by atoms with Gasteiger partial charge in [-0.2, -0.15) is 0 Å². The van der Waals surface area contributed by atoms with E-state index in [1.165, 1.54) is 0 Å². The van der Waals surface area contributed by atoms with Gasteiger partial charge in [0.15, 0.2) is 6.61 Å². The molecule has 0 heterocycles. The number of benzene rings is 3. The van der Waals surface area contributed by atoms with Crippen LogP contribution in [-0.2, 0) is 19.1 Å². The number of methoxy groups -OCH3 is 1. The van der Waals surface area contributed by atoms with E-state index < -0.39 is 11.9 Å². The van der Waals surface area contributed by atoms with Crippen LogP contribution in [0.15, 0.2) is 66.7 Å². The zero-order valence-electron chi connectivity index (χ0n) is 20.6. The van der Waals surface area contributed by atoms with Crippen molar-refractivity contribution in [3.63, 3.8) is 0 Å². The summed E-state index contributed by atoms with van der Waals surface area (Å²) in [4.78, 5) is 36.2. The molecule has 0 bridgehead atoms. The smallest absolute Gasteiger partial charge is 0.306 e. The van der Waals surface area contributed by atoms with Gasteiger partial charge in [0.2, 0.25) is 5.91 Å². The van der Waals surface area contributed by atoms with Crippen molar-refractivity contribution < 1.29 is 28.6 Å². The second-order valence-corrected chi connectivity index (χ2v) is 8.23. The van der Waals surface area contributed by atoms with E-state index in [0.717, 1.165) is 16.9 Å². The summed E-state index contributed by atoms with van der Waals surface area (Å²) >= 11 is 0. The van der Waals surface area contributed by atoms with Gasteiger partial charge in [-0.3, -0.25) is 14.4 Å². The minimum Gasteiger partial charge on any atom is -0.497 e. The van der Waals surface area contributed by atoms with Crippen molar-refractivity contribution in [2.45, 2.75) is 33.1 Å². The van der Waals surface area contributed by atoms with Crippen LogP contribution in [0.4, 0.5) is 11.4 Å². The molecule has 8 nitrogen and oxygen atoms in total. The summed E-state index contributed by atoms with van der Waals surface area (Å²) in [6.45, 7) is 3.44. The number of anilines is 2. The number of aryl methyl sites for hydroxylation is 2. The predicted molar refractivity (Wildman–Crippen MR) is 137 cm³/mol. The number of carbonyl (C=O) groups is 3. The van der Waals surface area contributed by atoms with Gasteiger partial charge in [0.25, 0.3) is 5.91 Å². The quantitative estimate of drug-likeness (QED) is 0.349. The van der Waals surface area contributed by atoms with E-state index in [1.54, 1.807) is 55.6 Å². The summed E-state index contributed by atoms with van der Waals surface area (Å²) in [5.41, 5.74) is 3.25. The fraction of sp³-hybridized carbons (Fsp3) is 0.250. The van der Waals surface area contributed by atoms with Gasteiger partial charge in [0.05, 0.1) is 7.11 Å². The molecule has 2 amide bonds. The van der Waals surface area contributed by atoms with E-state index in [1.807, 2.05) is 32.0 Å². The summed E-state index contributed by atoms with van der Waals surface area (Å²) in [5.74, 6) is 0.879. The van der Waals surface area contributed by atoms with Gasteiger partial charge >= 0.3 is 5.97 Å². The molecule has 0 aliphatic heterocycles. The van der Waals surface area contributed by atoms with E-state index in [2.05, 4.69) is 10.6 Å². The maximum Gasteiger partial charge on any atom is 0.306 e. The highest BCUT2D eigenvalue weighted by atomic mass is 16.5. The molecule has 0 unspecified atom stereocenters. The van der Waals surface area contributed by atoms with Gasteiger partial charge in [-0.05, 0) is 86.0 Å². The number of carbonyl (C=O) groups excluding carboxylic acids is 3. The zero-order chi connectivity index (χ0) is 25.9. The standard InChI is InChI=1S/C28H30N2O6/c1-19-7-8-20(2)25(17-19)30-27(32)18-35-28(33)6-4-5-26(31)29-21-9-11-23(12-10-21)36-24-15-13-22(34-3)14-16-24/h7-17H,4-6,18H2,1-3H3,(H,29,31)(H,30,32). The molecular weight excluding hydrogens is 460 g/mol. The van der Waals surface area contributed by atoms with Gasteiger partial charge in [-0.15, -0.1) is 0 Å². The first-order valence-electron chi connectivity index (χ1n) is 11.6. The van der Waals surface area contributed by atoms with Crippen LogP contribution in [0.3, 0.4) is 0 Å². The molecule has 0 aliphatic rings. The van der Waals surface area contributed by atoms with Crippen LogP contribution >= 0.6 is 0 Å². The molecule has 3 aromatic carbocycles. The molecule has 0 aromatic heterocycles. The van der Waals surface area contributed by atoms with Crippen molar-refractivity contribution in [3.05, 3.63) is 77.9 Å². The average molecular weight is 491 g/mol. The Bertz CT molecular complexity index is 1190. The van der Waals surface area contributed by atoms with Crippen molar-refractivity contribution >= 4 is 29.2 Å². The number of rotatable bonds is 11. The van der Waals surface area contributed by atoms with E-state index in [4.69, 9.17) is 14.2 Å². The lowest BCUT2D eigenvalue weighted by Crippen LogP contribution is -2.21. The maximum absolute atomic E-state index is 12.2. The van der Waals surface area contributed by atoms with E-state index in [0.29, 0.717) is 29.3 Å². The van der Waals surface area contributed by atoms with Crippen LogP contribution < -0.4 is 20.1 Å². The number of esters is 1. The number of nitrogens with one attached hydrogen (secondary N) is 2. The molecule has 0 saturated heterocycles. The van der Waals surface area contributed by atoms with Crippen molar-refractivity contribution in [1.29, 1.82) is 0 Å². The minimum atomic E-state index is -0.529. The van der Waals surface area contributed by atoms with E-state index >= 15 is 0 Å². The molecule has 3 rings (SSSR count). The molecule has 0 fully saturated rings. The third kappa shape index (κ3) is 8.47. The number of hydrogen-bond donors (Lipinski definition) is 2. The van der Waals surface area contributed by atoms with E-state index in [9.17, 15) is 14.4 Å². The summed E-state index contributed by atoms with van der Waals surface area (Å²) in [5, 5.41) is 5.52. The second-order valence-electron chi connectivity index (χ2n) is 8.23. The van der Waals surface area contributed by atoms with Crippen molar-refractivity contribution in [3.8, 4) is 17.2 Å². The van der Waals surface area contributed by atoms with Gasteiger partial charge in [-0.1, -0.05) is 12.1 Å². The fourth-order valence-electron chi connectivity index (χ4n) is 3.28. The highest BCUT2D eigenvalue weighted by Gasteiger charge is 2.11. The summed E-state index contributed by atoms with van der Waals surface area (Å²) in [6, 6.07) is 19.9. The number of ether oxygens (including phenoxy) is 3. The first kappa shape index (κ1) is 26.3. The number of amides is 2. The fourth-order valence-corrected chi connectivity index (χ4v) is 3.28. The van der Waals surface area contributed by atoms with Crippen LogP contribution in [0.5, 0.6) is 17.2 Å². The molecule has 8 heteroatoms. The Morgan fingerprint density at radius 2 is 1.39 bits per heavy atom. The van der Waals surface area contributed by atoms with Crippen LogP contribution in [0.1, 0.15) is 30.4 Å². The average Bonchev–Trinajstić information content (AvgIpc) is 2.86. The first-order chi connectivity index (χ1) is 17.3. The van der Waals surface area contributed by atoms with Gasteiger partial charge in [-0.25, -0.2) is 0 Å². The summed E-state index contributed by atoms with van der Waals surface area (Å²) < 4.78 is 15.9. The Labute approximate surface area is 210 Å². The highest BCUT2D eigenvalue weighted by molar-refractivity contribution is 5.93. The Kier molecular flexibility index (Phi) is 9.45. The van der Waals surface area contributed by atoms with Gasteiger partial charge < -0.3 is 24.8 Å². The summed E-state index contributed by atoms with van der Waals surface area (Å²) in [7, 11) is 1.60. The Balaban J connectivity index is 1.34. The minimum absolute atomic E-state index is 0.0405. The zero-order valence-corrected chi connectivity index (χ0v) is 20.6. The summed E-state index contributed by atoms with van der Waals surface area (Å²) in [6.07, 6.45) is 0.495. The Morgan fingerprint density at radius 3 is 2.06 bits per heavy atom. The molecule has 0 aliphatic carbocycles. The lowest BCUT2D eigenvalue weighted by Gasteiger charge is -2.10. The van der Waals surface area contributed by atoms with Crippen LogP contribution in [-0.4, -0.2) is 31.5 Å². The van der Waals surface area contributed by atoms with Gasteiger partial charge in [0.1, 0.15) is 17.2 Å². The van der Waals surface area contributed by atoms with Crippen molar-refractivity contribution in [1.82, 2.24) is 0 Å². The predicted octanol–water partition coefficient (Wildman–Crippen LogP) is 5.40. The molecule has 0 spiro atoms. The molecule has 2 N–H and O–H groups in total. The first-order valence-corrected chi connectivity index (χ1v) is 11.6. The topological polar surface area (TPSA) is 103 Å². The molecule has 0 atom stereocenters. The van der Waals surface area contributed by atoms with Crippen molar-refractivity contribution in [2.75, 3.05) is 24.4 Å². The van der Waals surface area contributed by atoms with Crippen molar-refractivity contribution in [2.24, 2.45) is 0 Å². The Hall–Kier alpha value is -4.33. The second kappa shape index (κ2) is 12.9. The third-order valence-electron chi connectivity index (χ3n) is 5.25. The molecule has 0 radical (unpaired) electrons. The number of hydrogen-bond acceptors (Lipinski definition) is 6. The highest BCUT2D eigenvalue weighted by Crippen LogP contribution is 2.25. The van der Waals surface area contributed by atoms with E-state index in [-0.39, 0.29) is 25.4 Å². The van der Waals surface area contributed by atoms with Crippen LogP contribution in [0.25, 0.3) is 0 Å². The molecule has 36 heavy (non-hydrogen) atoms.